The zero-order valence-electron chi connectivity index (χ0n) is 18.3. The highest BCUT2D eigenvalue weighted by Crippen LogP contribution is 2.25. The average molecular weight is 515 g/mol. The molecule has 1 heterocycles. The minimum atomic E-state index is 0. The van der Waals surface area contributed by atoms with Crippen LogP contribution in [0.3, 0.4) is 0 Å². The van der Waals surface area contributed by atoms with Gasteiger partial charge in [-0.25, -0.2) is 9.98 Å². The molecule has 0 aliphatic heterocycles. The van der Waals surface area contributed by atoms with Crippen molar-refractivity contribution in [2.45, 2.75) is 40.4 Å². The third-order valence-electron chi connectivity index (χ3n) is 4.33. The second-order valence-corrected chi connectivity index (χ2v) is 7.09. The molecule has 7 nitrogen and oxygen atoms in total. The Balaban J connectivity index is 0.00000420. The molecule has 0 saturated carbocycles. The van der Waals surface area contributed by atoms with Gasteiger partial charge >= 0.3 is 0 Å². The Bertz CT molecular complexity index is 776. The van der Waals surface area contributed by atoms with Gasteiger partial charge in [-0.05, 0) is 25.0 Å². The number of imidazole rings is 1. The Hall–Kier alpha value is -1.97. The van der Waals surface area contributed by atoms with Crippen molar-refractivity contribution >= 4 is 29.9 Å². The van der Waals surface area contributed by atoms with Gasteiger partial charge in [0, 0.05) is 50.7 Å². The molecule has 0 saturated heterocycles. The Kier molecular flexibility index (Phi) is 10.9. The highest BCUT2D eigenvalue weighted by molar-refractivity contribution is 14.0. The topological polar surface area (TPSA) is 63.9 Å². The molecule has 29 heavy (non-hydrogen) atoms. The van der Waals surface area contributed by atoms with Gasteiger partial charge in [0.25, 0.3) is 0 Å². The van der Waals surface area contributed by atoms with Crippen LogP contribution in [0.2, 0.25) is 0 Å². The maximum Gasteiger partial charge on any atom is 0.194 e. The van der Waals surface area contributed by atoms with E-state index in [4.69, 9.17) is 14.5 Å². The molecular formula is C21H34IN5O2. The van der Waals surface area contributed by atoms with Crippen LogP contribution in [0.4, 0.5) is 0 Å². The second kappa shape index (κ2) is 12.6. The Morgan fingerprint density at radius 3 is 2.66 bits per heavy atom. The van der Waals surface area contributed by atoms with Crippen LogP contribution in [0.25, 0.3) is 0 Å². The molecule has 0 bridgehead atoms. The predicted molar refractivity (Wildman–Crippen MR) is 128 cm³/mol. The van der Waals surface area contributed by atoms with Gasteiger partial charge in [0.05, 0.1) is 14.2 Å². The van der Waals surface area contributed by atoms with Crippen LogP contribution in [0.5, 0.6) is 11.5 Å². The van der Waals surface area contributed by atoms with Crippen molar-refractivity contribution in [3.05, 3.63) is 42.0 Å². The number of nitrogens with zero attached hydrogens (tertiary/aromatic N) is 4. The van der Waals surface area contributed by atoms with Crippen LogP contribution >= 0.6 is 24.0 Å². The summed E-state index contributed by atoms with van der Waals surface area (Å²) < 4.78 is 13.0. The van der Waals surface area contributed by atoms with Crippen LogP contribution in [0, 0.1) is 5.92 Å². The quantitative estimate of drug-likeness (QED) is 0.313. The lowest BCUT2D eigenvalue weighted by Crippen LogP contribution is -2.38. The van der Waals surface area contributed by atoms with E-state index in [0.717, 1.165) is 41.9 Å². The molecule has 1 aromatic heterocycles. The van der Waals surface area contributed by atoms with E-state index < -0.39 is 0 Å². The monoisotopic (exact) mass is 515 g/mol. The predicted octanol–water partition coefficient (Wildman–Crippen LogP) is 3.77. The van der Waals surface area contributed by atoms with E-state index in [0.29, 0.717) is 19.0 Å². The number of methoxy groups -OCH3 is 2. The average Bonchev–Trinajstić information content (AvgIpc) is 3.11. The Morgan fingerprint density at radius 1 is 1.28 bits per heavy atom. The lowest BCUT2D eigenvalue weighted by Gasteiger charge is -2.23. The van der Waals surface area contributed by atoms with E-state index in [2.05, 4.69) is 40.5 Å². The summed E-state index contributed by atoms with van der Waals surface area (Å²) in [4.78, 5) is 11.3. The van der Waals surface area contributed by atoms with Gasteiger partial charge in [-0.1, -0.05) is 13.8 Å². The zero-order chi connectivity index (χ0) is 20.5. The van der Waals surface area contributed by atoms with Crippen LogP contribution in [0.1, 0.15) is 32.2 Å². The number of nitrogens with one attached hydrogen (secondary N) is 1. The maximum absolute atomic E-state index is 5.52. The van der Waals surface area contributed by atoms with Crippen LogP contribution in [-0.4, -0.2) is 48.2 Å². The lowest BCUT2D eigenvalue weighted by molar-refractivity contribution is 0.382. The number of guanidine groups is 1. The number of rotatable bonds is 9. The fourth-order valence-electron chi connectivity index (χ4n) is 2.98. The molecular weight excluding hydrogens is 481 g/mol. The van der Waals surface area contributed by atoms with Crippen molar-refractivity contribution in [1.82, 2.24) is 19.8 Å². The largest absolute Gasteiger partial charge is 0.497 e. The number of hydrogen-bond donors (Lipinski definition) is 1. The van der Waals surface area contributed by atoms with Gasteiger partial charge in [0.1, 0.15) is 23.9 Å². The molecule has 1 N–H and O–H groups in total. The van der Waals surface area contributed by atoms with Crippen molar-refractivity contribution in [2.24, 2.45) is 10.9 Å². The molecule has 0 aliphatic carbocycles. The molecule has 2 rings (SSSR count). The van der Waals surface area contributed by atoms with Crippen molar-refractivity contribution in [2.75, 3.05) is 27.8 Å². The zero-order valence-corrected chi connectivity index (χ0v) is 20.6. The first-order valence-corrected chi connectivity index (χ1v) is 9.68. The van der Waals surface area contributed by atoms with Gasteiger partial charge in [0.15, 0.2) is 5.96 Å². The second-order valence-electron chi connectivity index (χ2n) is 7.09. The lowest BCUT2D eigenvalue weighted by atomic mass is 10.2. The van der Waals surface area contributed by atoms with E-state index >= 15 is 0 Å². The molecule has 2 aromatic rings. The summed E-state index contributed by atoms with van der Waals surface area (Å²) in [6.07, 6.45) is 3.86. The fourth-order valence-corrected chi connectivity index (χ4v) is 2.98. The summed E-state index contributed by atoms with van der Waals surface area (Å²) in [6, 6.07) is 5.86. The molecule has 162 valence electrons. The highest BCUT2D eigenvalue weighted by atomic mass is 127. The van der Waals surface area contributed by atoms with Gasteiger partial charge in [-0.3, -0.25) is 0 Å². The first-order valence-electron chi connectivity index (χ1n) is 9.68. The van der Waals surface area contributed by atoms with Crippen LogP contribution in [0.15, 0.2) is 35.6 Å². The molecule has 0 spiro atoms. The summed E-state index contributed by atoms with van der Waals surface area (Å²) in [5.74, 6) is 3.95. The molecule has 0 aliphatic rings. The van der Waals surface area contributed by atoms with Crippen molar-refractivity contribution < 1.29 is 9.47 Å². The van der Waals surface area contributed by atoms with Crippen LogP contribution in [-0.2, 0) is 19.6 Å². The van der Waals surface area contributed by atoms with Crippen LogP contribution < -0.4 is 14.8 Å². The smallest absolute Gasteiger partial charge is 0.194 e. The fraction of sp³-hybridized carbons (Fsp3) is 0.524. The number of halogens is 1. The summed E-state index contributed by atoms with van der Waals surface area (Å²) >= 11 is 0. The Morgan fingerprint density at radius 2 is 2.03 bits per heavy atom. The van der Waals surface area contributed by atoms with Crippen molar-refractivity contribution in [3.8, 4) is 11.5 Å². The van der Waals surface area contributed by atoms with Crippen molar-refractivity contribution in [3.63, 3.8) is 0 Å². The maximum atomic E-state index is 5.52. The number of ether oxygens (including phenoxy) is 2. The third kappa shape index (κ3) is 7.41. The van der Waals surface area contributed by atoms with Gasteiger partial charge in [0.2, 0.25) is 0 Å². The molecule has 8 heteroatoms. The first kappa shape index (κ1) is 25.1. The number of aromatic nitrogens is 2. The molecule has 0 radical (unpaired) electrons. The molecule has 0 atom stereocenters. The van der Waals surface area contributed by atoms with Gasteiger partial charge < -0.3 is 24.3 Å². The van der Waals surface area contributed by atoms with E-state index in [1.165, 1.54) is 0 Å². The number of benzene rings is 1. The summed E-state index contributed by atoms with van der Waals surface area (Å²) in [6.45, 7) is 9.41. The van der Waals surface area contributed by atoms with Gasteiger partial charge in [-0.2, -0.15) is 0 Å². The minimum Gasteiger partial charge on any atom is -0.497 e. The van der Waals surface area contributed by atoms with E-state index in [9.17, 15) is 0 Å². The summed E-state index contributed by atoms with van der Waals surface area (Å²) in [5, 5.41) is 3.36. The Labute approximate surface area is 191 Å². The normalized spacial score (nSPS) is 11.2. The summed E-state index contributed by atoms with van der Waals surface area (Å²) in [5.41, 5.74) is 1.07. The molecule has 0 unspecified atom stereocenters. The van der Waals surface area contributed by atoms with Crippen molar-refractivity contribution in [1.29, 1.82) is 0 Å². The van der Waals surface area contributed by atoms with E-state index in [-0.39, 0.29) is 24.0 Å². The first-order chi connectivity index (χ1) is 13.5. The molecule has 0 fully saturated rings. The minimum absolute atomic E-state index is 0. The number of hydrogen-bond acceptors (Lipinski definition) is 4. The summed E-state index contributed by atoms with van der Waals surface area (Å²) in [7, 11) is 5.34. The highest BCUT2D eigenvalue weighted by Gasteiger charge is 2.12. The molecule has 0 amide bonds. The standard InChI is InChI=1S/C21H33N5O2.HI/c1-7-22-21(24-13-20-23-10-11-26(20)14-16(2)3)25(4)15-17-8-9-18(27-5)12-19(17)28-6;/h8-12,16H,7,13-15H2,1-6H3,(H,22,24);1H. The van der Waals surface area contributed by atoms with E-state index in [1.54, 1.807) is 14.2 Å². The third-order valence-corrected chi connectivity index (χ3v) is 4.33. The van der Waals surface area contributed by atoms with Gasteiger partial charge in [-0.15, -0.1) is 24.0 Å². The SMILES string of the molecule is CCNC(=NCc1nccn1CC(C)C)N(C)Cc1ccc(OC)cc1OC.I. The number of aliphatic imine (C=N–C) groups is 1. The molecule has 1 aromatic carbocycles. The van der Waals surface area contributed by atoms with E-state index in [1.807, 2.05) is 37.6 Å².